The van der Waals surface area contributed by atoms with Crippen molar-refractivity contribution in [2.24, 2.45) is 0 Å². The summed E-state index contributed by atoms with van der Waals surface area (Å²) in [6.45, 7) is 1.78. The summed E-state index contributed by atoms with van der Waals surface area (Å²) < 4.78 is 23.7. The van der Waals surface area contributed by atoms with Gasteiger partial charge in [-0.15, -0.1) is 0 Å². The topological polar surface area (TPSA) is 92.7 Å². The van der Waals surface area contributed by atoms with Gasteiger partial charge in [0.15, 0.2) is 0 Å². The normalized spacial score (nSPS) is 11.4. The summed E-state index contributed by atoms with van der Waals surface area (Å²) in [7, 11) is -3.89. The van der Waals surface area contributed by atoms with Gasteiger partial charge in [-0.25, -0.2) is 13.2 Å². The molecular formula is C9H10BrNO5S. The Kier molecular flexibility index (Phi) is 4.63. The van der Waals surface area contributed by atoms with E-state index in [1.807, 2.05) is 4.89 Å². The lowest BCUT2D eigenvalue weighted by molar-refractivity contribution is 0.0696. The quantitative estimate of drug-likeness (QED) is 0.798. The zero-order valence-electron chi connectivity index (χ0n) is 8.81. The number of benzene rings is 1. The molecule has 0 bridgehead atoms. The first-order valence-corrected chi connectivity index (χ1v) is 6.82. The van der Waals surface area contributed by atoms with Gasteiger partial charge >= 0.3 is 5.97 Å². The molecule has 0 radical (unpaired) electrons. The molecule has 1 aromatic carbocycles. The zero-order valence-corrected chi connectivity index (χ0v) is 11.2. The monoisotopic (exact) mass is 323 g/mol. The minimum atomic E-state index is -3.89. The second-order valence-corrected chi connectivity index (χ2v) is 5.44. The Balaban J connectivity index is 3.20. The second-order valence-electron chi connectivity index (χ2n) is 2.97. The van der Waals surface area contributed by atoms with E-state index < -0.39 is 16.0 Å². The number of hydrogen-bond acceptors (Lipinski definition) is 4. The number of sulfonamides is 1. The highest BCUT2D eigenvalue weighted by molar-refractivity contribution is 9.10. The summed E-state index contributed by atoms with van der Waals surface area (Å²) in [6, 6.07) is 3.70. The van der Waals surface area contributed by atoms with Crippen LogP contribution in [0.25, 0.3) is 0 Å². The molecule has 6 nitrogen and oxygen atoms in total. The molecule has 0 unspecified atom stereocenters. The summed E-state index contributed by atoms with van der Waals surface area (Å²) in [4.78, 5) is 17.0. The fourth-order valence-corrected chi connectivity index (χ4v) is 2.88. The Morgan fingerprint density at radius 1 is 1.53 bits per heavy atom. The highest BCUT2D eigenvalue weighted by Crippen LogP contribution is 2.23. The molecule has 0 spiro atoms. The van der Waals surface area contributed by atoms with Crippen LogP contribution in [0.1, 0.15) is 17.3 Å². The minimum Gasteiger partial charge on any atom is -0.478 e. The van der Waals surface area contributed by atoms with Crippen molar-refractivity contribution in [1.29, 1.82) is 0 Å². The number of nitrogens with one attached hydrogen (secondary N) is 1. The summed E-state index contributed by atoms with van der Waals surface area (Å²) in [5.41, 5.74) is -0.120. The Morgan fingerprint density at radius 3 is 2.71 bits per heavy atom. The van der Waals surface area contributed by atoms with Crippen LogP contribution in [0.2, 0.25) is 0 Å². The van der Waals surface area contributed by atoms with E-state index in [9.17, 15) is 13.2 Å². The van der Waals surface area contributed by atoms with E-state index >= 15 is 0 Å². The van der Waals surface area contributed by atoms with Crippen LogP contribution in [-0.4, -0.2) is 26.1 Å². The molecule has 1 rings (SSSR count). The molecule has 0 aliphatic carbocycles. The van der Waals surface area contributed by atoms with Crippen LogP contribution < -0.4 is 4.89 Å². The number of halogens is 1. The van der Waals surface area contributed by atoms with E-state index in [4.69, 9.17) is 5.11 Å². The average molecular weight is 324 g/mol. The summed E-state index contributed by atoms with van der Waals surface area (Å²) >= 11 is 3.04. The van der Waals surface area contributed by atoms with Gasteiger partial charge in [-0.3, -0.25) is 4.84 Å². The van der Waals surface area contributed by atoms with Gasteiger partial charge in [0.25, 0.3) is 10.0 Å². The van der Waals surface area contributed by atoms with Crippen LogP contribution in [0.4, 0.5) is 0 Å². The van der Waals surface area contributed by atoms with E-state index in [0.717, 1.165) is 6.07 Å². The van der Waals surface area contributed by atoms with Crippen LogP contribution in [0.15, 0.2) is 27.6 Å². The molecule has 0 atom stereocenters. The smallest absolute Gasteiger partial charge is 0.335 e. The third-order valence-electron chi connectivity index (χ3n) is 1.78. The number of carboxylic acid groups (broad SMARTS) is 1. The number of hydrogen-bond donors (Lipinski definition) is 2. The third-order valence-corrected chi connectivity index (χ3v) is 3.99. The molecule has 0 amide bonds. The summed E-state index contributed by atoms with van der Waals surface area (Å²) in [6.07, 6.45) is 0. The van der Waals surface area contributed by atoms with E-state index in [0.29, 0.717) is 0 Å². The maximum absolute atomic E-state index is 11.7. The Morgan fingerprint density at radius 2 is 2.18 bits per heavy atom. The lowest BCUT2D eigenvalue weighted by atomic mass is 10.2. The second kappa shape index (κ2) is 5.58. The number of rotatable bonds is 5. The van der Waals surface area contributed by atoms with Gasteiger partial charge in [-0.05, 0) is 41.1 Å². The standard InChI is InChI=1S/C9H10BrNO5S/c1-2-16-11-17(14,15)8-5-6(9(12)13)3-4-7(8)10/h3-5,11H,2H2,1H3,(H,12,13). The first-order valence-electron chi connectivity index (χ1n) is 4.55. The molecule has 0 aliphatic rings. The van der Waals surface area contributed by atoms with Crippen LogP contribution in [0.5, 0.6) is 0 Å². The van der Waals surface area contributed by atoms with Crippen molar-refractivity contribution >= 4 is 31.9 Å². The van der Waals surface area contributed by atoms with Crippen LogP contribution >= 0.6 is 15.9 Å². The lowest BCUT2D eigenvalue weighted by Crippen LogP contribution is -2.24. The van der Waals surface area contributed by atoms with Crippen molar-refractivity contribution in [3.05, 3.63) is 28.2 Å². The molecule has 1 aromatic rings. The van der Waals surface area contributed by atoms with Gasteiger partial charge < -0.3 is 5.11 Å². The summed E-state index contributed by atoms with van der Waals surface area (Å²) in [5.74, 6) is -1.20. The lowest BCUT2D eigenvalue weighted by Gasteiger charge is -2.08. The van der Waals surface area contributed by atoms with Crippen molar-refractivity contribution in [2.45, 2.75) is 11.8 Å². The van der Waals surface area contributed by atoms with E-state index in [1.54, 1.807) is 6.92 Å². The van der Waals surface area contributed by atoms with Crippen LogP contribution in [-0.2, 0) is 14.9 Å². The molecule has 2 N–H and O–H groups in total. The Bertz CT molecular complexity index is 528. The van der Waals surface area contributed by atoms with E-state index in [2.05, 4.69) is 20.8 Å². The molecule has 94 valence electrons. The molecule has 0 aromatic heterocycles. The van der Waals surface area contributed by atoms with Crippen molar-refractivity contribution in [3.8, 4) is 0 Å². The van der Waals surface area contributed by atoms with Crippen molar-refractivity contribution < 1.29 is 23.2 Å². The van der Waals surface area contributed by atoms with Crippen molar-refractivity contribution in [1.82, 2.24) is 4.89 Å². The SMILES string of the molecule is CCONS(=O)(=O)c1cc(C(=O)O)ccc1Br. The number of carbonyl (C=O) groups is 1. The first kappa shape index (κ1) is 14.1. The largest absolute Gasteiger partial charge is 0.478 e. The molecule has 17 heavy (non-hydrogen) atoms. The fourth-order valence-electron chi connectivity index (χ4n) is 1.02. The van der Waals surface area contributed by atoms with Gasteiger partial charge in [0.2, 0.25) is 0 Å². The fraction of sp³-hybridized carbons (Fsp3) is 0.222. The van der Waals surface area contributed by atoms with Gasteiger partial charge in [-0.1, -0.05) is 4.89 Å². The Hall–Kier alpha value is -0.960. The molecule has 0 fully saturated rings. The minimum absolute atomic E-state index is 0.120. The van der Waals surface area contributed by atoms with Crippen LogP contribution in [0, 0.1) is 0 Å². The van der Waals surface area contributed by atoms with Crippen molar-refractivity contribution in [3.63, 3.8) is 0 Å². The van der Waals surface area contributed by atoms with E-state index in [1.165, 1.54) is 12.1 Å². The number of aromatic carboxylic acids is 1. The summed E-state index contributed by atoms with van der Waals surface area (Å²) in [5, 5.41) is 8.78. The first-order chi connectivity index (χ1) is 7.88. The highest BCUT2D eigenvalue weighted by atomic mass is 79.9. The molecular weight excluding hydrogens is 314 g/mol. The maximum Gasteiger partial charge on any atom is 0.335 e. The van der Waals surface area contributed by atoms with Gasteiger partial charge in [-0.2, -0.15) is 0 Å². The highest BCUT2D eigenvalue weighted by Gasteiger charge is 2.19. The maximum atomic E-state index is 11.7. The Labute approximate surface area is 107 Å². The van der Waals surface area contributed by atoms with Gasteiger partial charge in [0, 0.05) is 4.47 Å². The predicted octanol–water partition coefficient (Wildman–Crippen LogP) is 1.38. The zero-order chi connectivity index (χ0) is 13.1. The van der Waals surface area contributed by atoms with E-state index in [-0.39, 0.29) is 21.5 Å². The van der Waals surface area contributed by atoms with Crippen molar-refractivity contribution in [2.75, 3.05) is 6.61 Å². The van der Waals surface area contributed by atoms with Gasteiger partial charge in [0.05, 0.1) is 17.1 Å². The molecule has 0 aliphatic heterocycles. The average Bonchev–Trinajstić information content (AvgIpc) is 2.26. The van der Waals surface area contributed by atoms with Crippen LogP contribution in [0.3, 0.4) is 0 Å². The molecule has 0 saturated carbocycles. The predicted molar refractivity (Wildman–Crippen MR) is 63.0 cm³/mol. The van der Waals surface area contributed by atoms with Gasteiger partial charge in [0.1, 0.15) is 0 Å². The molecule has 0 heterocycles. The molecule has 8 heteroatoms. The number of carboxylic acids is 1. The molecule has 0 saturated heterocycles. The third kappa shape index (κ3) is 3.50.